The summed E-state index contributed by atoms with van der Waals surface area (Å²) in [5, 5.41) is 17.1. The molecule has 3 N–H and O–H groups in total. The maximum Gasteiger partial charge on any atom is 0.191 e. The van der Waals surface area contributed by atoms with Crippen molar-refractivity contribution in [1.29, 1.82) is 0 Å². The fourth-order valence-electron chi connectivity index (χ4n) is 2.50. The van der Waals surface area contributed by atoms with Crippen molar-refractivity contribution in [2.24, 2.45) is 4.99 Å². The Balaban J connectivity index is 0.00000338. The molecular formula is C20H30IN3O2. The van der Waals surface area contributed by atoms with Crippen LogP contribution in [0.1, 0.15) is 43.6 Å². The molecule has 0 amide bonds. The molecule has 1 aromatic carbocycles. The molecule has 1 aromatic heterocycles. The minimum atomic E-state index is -1.13. The van der Waals surface area contributed by atoms with E-state index >= 15 is 0 Å². The van der Waals surface area contributed by atoms with Gasteiger partial charge in [0.1, 0.15) is 11.4 Å². The van der Waals surface area contributed by atoms with Crippen LogP contribution in [0.2, 0.25) is 0 Å². The van der Waals surface area contributed by atoms with Gasteiger partial charge in [0.05, 0.1) is 12.8 Å². The molecule has 0 spiro atoms. The van der Waals surface area contributed by atoms with E-state index in [-0.39, 0.29) is 30.5 Å². The van der Waals surface area contributed by atoms with E-state index in [1.807, 2.05) is 6.92 Å². The summed E-state index contributed by atoms with van der Waals surface area (Å²) in [4.78, 5) is 4.51. The minimum absolute atomic E-state index is 0. The summed E-state index contributed by atoms with van der Waals surface area (Å²) < 4.78 is 5.30. The second kappa shape index (κ2) is 10.6. The van der Waals surface area contributed by atoms with Crippen LogP contribution in [-0.4, -0.2) is 30.7 Å². The Hall–Kier alpha value is -1.54. The Labute approximate surface area is 173 Å². The molecule has 0 aliphatic rings. The molecule has 1 heterocycles. The molecule has 0 aliphatic heterocycles. The Bertz CT molecular complexity index is 667. The summed E-state index contributed by atoms with van der Waals surface area (Å²) in [5.74, 6) is 1.56. The first kappa shape index (κ1) is 22.5. The standard InChI is InChI=1S/C20H29N3O2.HI/c1-5-21-19(23-14-20(4,24)18-7-6-12-25-18)22-13-16(3)17-10-8-15(2)9-11-17;/h6-12,16,24H,5,13-14H2,1-4H3,(H2,21,22,23);1H. The Morgan fingerprint density at radius 2 is 1.92 bits per heavy atom. The smallest absolute Gasteiger partial charge is 0.191 e. The van der Waals surface area contributed by atoms with Crippen LogP contribution in [0, 0.1) is 6.92 Å². The topological polar surface area (TPSA) is 69.8 Å². The van der Waals surface area contributed by atoms with Crippen LogP contribution in [0.15, 0.2) is 52.1 Å². The van der Waals surface area contributed by atoms with Gasteiger partial charge in [-0.3, -0.25) is 0 Å². The quantitative estimate of drug-likeness (QED) is 0.327. The van der Waals surface area contributed by atoms with Crippen LogP contribution in [-0.2, 0) is 5.60 Å². The second-order valence-corrected chi connectivity index (χ2v) is 6.64. The number of aliphatic imine (C=N–C) groups is 1. The van der Waals surface area contributed by atoms with E-state index in [1.165, 1.54) is 11.1 Å². The van der Waals surface area contributed by atoms with Crippen LogP contribution in [0.5, 0.6) is 0 Å². The average Bonchev–Trinajstić information content (AvgIpc) is 3.13. The van der Waals surface area contributed by atoms with E-state index in [2.05, 4.69) is 53.7 Å². The molecule has 0 bridgehead atoms. The normalized spacial score (nSPS) is 14.9. The van der Waals surface area contributed by atoms with Gasteiger partial charge in [0.15, 0.2) is 5.96 Å². The van der Waals surface area contributed by atoms with Gasteiger partial charge in [-0.15, -0.1) is 24.0 Å². The van der Waals surface area contributed by atoms with Crippen LogP contribution >= 0.6 is 24.0 Å². The van der Waals surface area contributed by atoms with E-state index in [0.717, 1.165) is 13.1 Å². The highest BCUT2D eigenvalue weighted by atomic mass is 127. The predicted octanol–water partition coefficient (Wildman–Crippen LogP) is 3.77. The summed E-state index contributed by atoms with van der Waals surface area (Å²) in [6.07, 6.45) is 1.56. The van der Waals surface area contributed by atoms with Crippen LogP contribution < -0.4 is 10.6 Å². The molecule has 0 saturated carbocycles. The van der Waals surface area contributed by atoms with E-state index in [0.29, 0.717) is 17.6 Å². The molecule has 2 unspecified atom stereocenters. The fraction of sp³-hybridized carbons (Fsp3) is 0.450. The number of aryl methyl sites for hydroxylation is 1. The highest BCUT2D eigenvalue weighted by Gasteiger charge is 2.26. The highest BCUT2D eigenvalue weighted by molar-refractivity contribution is 14.0. The lowest BCUT2D eigenvalue weighted by Crippen LogP contribution is -2.40. The first-order valence-electron chi connectivity index (χ1n) is 8.77. The molecule has 5 nitrogen and oxygen atoms in total. The number of aliphatic hydroxyl groups is 1. The number of rotatable bonds is 7. The SMILES string of the molecule is CCNC(=NCC(C)(O)c1ccco1)NCC(C)c1ccc(C)cc1.I. The van der Waals surface area contributed by atoms with Crippen molar-refractivity contribution in [3.8, 4) is 0 Å². The second-order valence-electron chi connectivity index (χ2n) is 6.64. The van der Waals surface area contributed by atoms with Gasteiger partial charge in [0.2, 0.25) is 0 Å². The van der Waals surface area contributed by atoms with Crippen molar-refractivity contribution >= 4 is 29.9 Å². The maximum atomic E-state index is 10.5. The van der Waals surface area contributed by atoms with E-state index in [4.69, 9.17) is 4.42 Å². The predicted molar refractivity (Wildman–Crippen MR) is 117 cm³/mol. The summed E-state index contributed by atoms with van der Waals surface area (Å²) in [6.45, 7) is 9.73. The third-order valence-electron chi connectivity index (χ3n) is 4.16. The molecular weight excluding hydrogens is 441 g/mol. The molecule has 0 fully saturated rings. The molecule has 6 heteroatoms. The number of benzene rings is 1. The van der Waals surface area contributed by atoms with Crippen LogP contribution in [0.25, 0.3) is 0 Å². The number of nitrogens with zero attached hydrogens (tertiary/aromatic N) is 1. The molecule has 0 saturated heterocycles. The van der Waals surface area contributed by atoms with Crippen LogP contribution in [0.3, 0.4) is 0 Å². The molecule has 144 valence electrons. The molecule has 26 heavy (non-hydrogen) atoms. The number of nitrogens with one attached hydrogen (secondary N) is 2. The van der Waals surface area contributed by atoms with Gasteiger partial charge in [-0.25, -0.2) is 4.99 Å². The summed E-state index contributed by atoms with van der Waals surface area (Å²) in [6, 6.07) is 12.1. The largest absolute Gasteiger partial charge is 0.466 e. The molecule has 2 aromatic rings. The van der Waals surface area contributed by atoms with Gasteiger partial charge < -0.3 is 20.2 Å². The average molecular weight is 471 g/mol. The van der Waals surface area contributed by atoms with Gasteiger partial charge in [-0.1, -0.05) is 36.8 Å². The van der Waals surface area contributed by atoms with Gasteiger partial charge >= 0.3 is 0 Å². The van der Waals surface area contributed by atoms with Crippen molar-refractivity contribution in [3.05, 3.63) is 59.5 Å². The Kier molecular flexibility index (Phi) is 9.15. The fourth-order valence-corrected chi connectivity index (χ4v) is 2.50. The Morgan fingerprint density at radius 1 is 1.23 bits per heavy atom. The molecule has 2 atom stereocenters. The number of halogens is 1. The van der Waals surface area contributed by atoms with Crippen molar-refractivity contribution in [2.75, 3.05) is 19.6 Å². The van der Waals surface area contributed by atoms with Crippen molar-refractivity contribution in [1.82, 2.24) is 10.6 Å². The monoisotopic (exact) mass is 471 g/mol. The summed E-state index contributed by atoms with van der Waals surface area (Å²) >= 11 is 0. The summed E-state index contributed by atoms with van der Waals surface area (Å²) in [7, 11) is 0. The summed E-state index contributed by atoms with van der Waals surface area (Å²) in [5.41, 5.74) is 1.42. The third-order valence-corrected chi connectivity index (χ3v) is 4.16. The minimum Gasteiger partial charge on any atom is -0.466 e. The molecule has 0 radical (unpaired) electrons. The van der Waals surface area contributed by atoms with Crippen molar-refractivity contribution < 1.29 is 9.52 Å². The molecule has 0 aliphatic carbocycles. The van der Waals surface area contributed by atoms with Gasteiger partial charge in [0, 0.05) is 13.1 Å². The first-order chi connectivity index (χ1) is 11.9. The zero-order valence-corrected chi connectivity index (χ0v) is 18.3. The first-order valence-corrected chi connectivity index (χ1v) is 8.77. The van der Waals surface area contributed by atoms with E-state index in [9.17, 15) is 5.11 Å². The van der Waals surface area contributed by atoms with Gasteiger partial charge in [0.25, 0.3) is 0 Å². The Morgan fingerprint density at radius 3 is 2.50 bits per heavy atom. The number of hydrogen-bond donors (Lipinski definition) is 3. The highest BCUT2D eigenvalue weighted by Crippen LogP contribution is 2.21. The zero-order chi connectivity index (χ0) is 18.3. The van der Waals surface area contributed by atoms with Gasteiger partial charge in [-0.2, -0.15) is 0 Å². The number of furan rings is 1. The van der Waals surface area contributed by atoms with Crippen molar-refractivity contribution in [3.63, 3.8) is 0 Å². The van der Waals surface area contributed by atoms with E-state index < -0.39 is 5.60 Å². The maximum absolute atomic E-state index is 10.5. The van der Waals surface area contributed by atoms with Crippen molar-refractivity contribution in [2.45, 2.75) is 39.2 Å². The zero-order valence-electron chi connectivity index (χ0n) is 16.0. The lowest BCUT2D eigenvalue weighted by molar-refractivity contribution is 0.0437. The molecule has 2 rings (SSSR count). The van der Waals surface area contributed by atoms with E-state index in [1.54, 1.807) is 25.3 Å². The number of guanidine groups is 1. The lowest BCUT2D eigenvalue weighted by Gasteiger charge is -2.20. The number of hydrogen-bond acceptors (Lipinski definition) is 3. The lowest BCUT2D eigenvalue weighted by atomic mass is 10.0. The third kappa shape index (κ3) is 6.64. The van der Waals surface area contributed by atoms with Crippen LogP contribution in [0.4, 0.5) is 0 Å². The van der Waals surface area contributed by atoms with Gasteiger partial charge in [-0.05, 0) is 44.4 Å².